The molecule has 18 heavy (non-hydrogen) atoms. The summed E-state index contributed by atoms with van der Waals surface area (Å²) in [5, 5.41) is 11.1. The molecule has 0 unspecified atom stereocenters. The van der Waals surface area contributed by atoms with Crippen molar-refractivity contribution in [1.29, 1.82) is 0 Å². The van der Waals surface area contributed by atoms with Crippen LogP contribution in [0.25, 0.3) is 0 Å². The highest BCUT2D eigenvalue weighted by atomic mass is 79.9. The Labute approximate surface area is 114 Å². The lowest BCUT2D eigenvalue weighted by Gasteiger charge is -2.06. The maximum Gasteiger partial charge on any atom is 0.240 e. The van der Waals surface area contributed by atoms with Gasteiger partial charge in [0.25, 0.3) is 0 Å². The summed E-state index contributed by atoms with van der Waals surface area (Å²) in [4.78, 5) is 0.203. The first-order valence-electron chi connectivity index (χ1n) is 5.17. The van der Waals surface area contributed by atoms with E-state index in [9.17, 15) is 8.42 Å². The third kappa shape index (κ3) is 4.63. The summed E-state index contributed by atoms with van der Waals surface area (Å²) < 4.78 is 26.9. The molecular weight excluding hydrogens is 322 g/mol. The van der Waals surface area contributed by atoms with E-state index in [1.165, 1.54) is 12.1 Å². The van der Waals surface area contributed by atoms with Crippen LogP contribution in [0.5, 0.6) is 0 Å². The zero-order valence-corrected chi connectivity index (χ0v) is 11.9. The monoisotopic (exact) mass is 335 g/mol. The third-order valence-corrected chi connectivity index (χ3v) is 4.16. The lowest BCUT2D eigenvalue weighted by atomic mass is 10.3. The third-order valence-electron chi connectivity index (χ3n) is 2.15. The molecule has 0 aliphatic heterocycles. The molecule has 8 heteroatoms. The highest BCUT2D eigenvalue weighted by molar-refractivity contribution is 9.10. The van der Waals surface area contributed by atoms with E-state index in [1.807, 2.05) is 0 Å². The van der Waals surface area contributed by atoms with E-state index in [4.69, 9.17) is 10.9 Å². The average Bonchev–Trinajstić information content (AvgIpc) is 2.35. The second-order valence-electron chi connectivity index (χ2n) is 3.55. The van der Waals surface area contributed by atoms with Crippen molar-refractivity contribution in [3.8, 4) is 0 Å². The molecule has 0 atom stereocenters. The Morgan fingerprint density at radius 1 is 1.39 bits per heavy atom. The number of halogens is 1. The average molecular weight is 336 g/mol. The molecule has 6 nitrogen and oxygen atoms in total. The van der Waals surface area contributed by atoms with Gasteiger partial charge in [-0.3, -0.25) is 0 Å². The van der Waals surface area contributed by atoms with Crippen LogP contribution in [-0.4, -0.2) is 26.0 Å². The zero-order chi connectivity index (χ0) is 13.6. The Kier molecular flexibility index (Phi) is 5.57. The summed E-state index contributed by atoms with van der Waals surface area (Å²) in [5.74, 6) is 0.0813. The van der Waals surface area contributed by atoms with Crippen LogP contribution in [0.3, 0.4) is 0 Å². The SMILES string of the molecule is NC(CCCNS(=O)(=O)c1ccc(Br)cc1)=NO. The molecule has 0 aliphatic carbocycles. The fraction of sp³-hybridized carbons (Fsp3) is 0.300. The molecule has 0 radical (unpaired) electrons. The fourth-order valence-electron chi connectivity index (χ4n) is 1.22. The molecule has 0 fully saturated rings. The van der Waals surface area contributed by atoms with Gasteiger partial charge in [-0.25, -0.2) is 13.1 Å². The second-order valence-corrected chi connectivity index (χ2v) is 6.23. The van der Waals surface area contributed by atoms with Crippen molar-refractivity contribution in [3.63, 3.8) is 0 Å². The van der Waals surface area contributed by atoms with Crippen LogP contribution in [0, 0.1) is 0 Å². The predicted molar refractivity (Wildman–Crippen MR) is 72.0 cm³/mol. The summed E-state index contributed by atoms with van der Waals surface area (Å²) >= 11 is 3.23. The normalized spacial score (nSPS) is 12.6. The lowest BCUT2D eigenvalue weighted by molar-refractivity contribution is 0.316. The molecule has 0 spiro atoms. The maximum atomic E-state index is 11.8. The number of benzene rings is 1. The number of nitrogens with zero attached hydrogens (tertiary/aromatic N) is 1. The Bertz CT molecular complexity index is 514. The second kappa shape index (κ2) is 6.72. The number of sulfonamides is 1. The maximum absolute atomic E-state index is 11.8. The number of oxime groups is 1. The summed E-state index contributed by atoms with van der Waals surface area (Å²) in [6.07, 6.45) is 0.797. The van der Waals surface area contributed by atoms with Crippen molar-refractivity contribution in [2.75, 3.05) is 6.54 Å². The molecule has 4 N–H and O–H groups in total. The topological polar surface area (TPSA) is 105 Å². The molecule has 100 valence electrons. The first-order valence-corrected chi connectivity index (χ1v) is 7.45. The first kappa shape index (κ1) is 14.9. The van der Waals surface area contributed by atoms with Crippen molar-refractivity contribution < 1.29 is 13.6 Å². The van der Waals surface area contributed by atoms with E-state index in [0.29, 0.717) is 12.8 Å². The zero-order valence-electron chi connectivity index (χ0n) is 9.51. The smallest absolute Gasteiger partial charge is 0.240 e. The molecule has 0 aliphatic rings. The van der Waals surface area contributed by atoms with Crippen molar-refractivity contribution in [3.05, 3.63) is 28.7 Å². The van der Waals surface area contributed by atoms with Gasteiger partial charge in [-0.15, -0.1) is 0 Å². The van der Waals surface area contributed by atoms with Crippen molar-refractivity contribution in [1.82, 2.24) is 4.72 Å². The molecule has 0 aromatic heterocycles. The van der Waals surface area contributed by atoms with E-state index >= 15 is 0 Å². The number of nitrogens with two attached hydrogens (primary N) is 1. The minimum Gasteiger partial charge on any atom is -0.409 e. The number of amidine groups is 1. The van der Waals surface area contributed by atoms with Crippen LogP contribution in [0.2, 0.25) is 0 Å². The Morgan fingerprint density at radius 3 is 2.56 bits per heavy atom. The van der Waals surface area contributed by atoms with Crippen molar-refractivity contribution >= 4 is 31.8 Å². The lowest BCUT2D eigenvalue weighted by Crippen LogP contribution is -2.25. The van der Waals surface area contributed by atoms with Crippen LogP contribution in [0.1, 0.15) is 12.8 Å². The van der Waals surface area contributed by atoms with Gasteiger partial charge in [0.15, 0.2) is 0 Å². The first-order chi connectivity index (χ1) is 8.45. The van der Waals surface area contributed by atoms with E-state index in [1.54, 1.807) is 12.1 Å². The number of hydrogen-bond donors (Lipinski definition) is 3. The van der Waals surface area contributed by atoms with Gasteiger partial charge in [-0.05, 0) is 30.7 Å². The van der Waals surface area contributed by atoms with E-state index in [0.717, 1.165) is 4.47 Å². The number of hydrogen-bond acceptors (Lipinski definition) is 4. The summed E-state index contributed by atoms with van der Waals surface area (Å²) in [7, 11) is -3.50. The van der Waals surface area contributed by atoms with Gasteiger partial charge in [0.05, 0.1) is 4.90 Å². The van der Waals surface area contributed by atoms with Gasteiger partial charge < -0.3 is 10.9 Å². The molecule has 1 aromatic rings. The standard InChI is InChI=1S/C10H14BrN3O3S/c11-8-3-5-9(6-4-8)18(16,17)13-7-1-2-10(12)14-15/h3-6,13,15H,1-2,7H2,(H2,12,14). The molecular formula is C10H14BrN3O3S. The van der Waals surface area contributed by atoms with Gasteiger partial charge in [-0.1, -0.05) is 21.1 Å². The summed E-state index contributed by atoms with van der Waals surface area (Å²) in [5.41, 5.74) is 5.27. The Morgan fingerprint density at radius 2 is 2.00 bits per heavy atom. The fourth-order valence-corrected chi connectivity index (χ4v) is 2.56. The Hall–Kier alpha value is -1.12. The molecule has 0 amide bonds. The van der Waals surface area contributed by atoms with Crippen molar-refractivity contribution in [2.24, 2.45) is 10.9 Å². The largest absolute Gasteiger partial charge is 0.409 e. The van der Waals surface area contributed by atoms with Gasteiger partial charge in [0, 0.05) is 17.4 Å². The van der Waals surface area contributed by atoms with Crippen LogP contribution in [0.15, 0.2) is 38.8 Å². The molecule has 0 bridgehead atoms. The van der Waals surface area contributed by atoms with E-state index in [2.05, 4.69) is 25.8 Å². The highest BCUT2D eigenvalue weighted by Crippen LogP contribution is 2.14. The molecule has 0 saturated heterocycles. The number of rotatable bonds is 6. The minimum atomic E-state index is -3.50. The van der Waals surface area contributed by atoms with Crippen LogP contribution >= 0.6 is 15.9 Å². The van der Waals surface area contributed by atoms with Gasteiger partial charge in [-0.2, -0.15) is 0 Å². The summed E-state index contributed by atoms with van der Waals surface area (Å²) in [6, 6.07) is 6.34. The Balaban J connectivity index is 2.53. The van der Waals surface area contributed by atoms with Gasteiger partial charge in [0.2, 0.25) is 10.0 Å². The van der Waals surface area contributed by atoms with E-state index < -0.39 is 10.0 Å². The van der Waals surface area contributed by atoms with Crippen LogP contribution < -0.4 is 10.5 Å². The van der Waals surface area contributed by atoms with Crippen LogP contribution in [0.4, 0.5) is 0 Å². The number of nitrogens with one attached hydrogen (secondary N) is 1. The minimum absolute atomic E-state index is 0.0813. The molecule has 1 rings (SSSR count). The molecule has 1 aromatic carbocycles. The molecule has 0 saturated carbocycles. The van der Waals surface area contributed by atoms with Gasteiger partial charge >= 0.3 is 0 Å². The molecule has 0 heterocycles. The van der Waals surface area contributed by atoms with Crippen LogP contribution in [-0.2, 0) is 10.0 Å². The van der Waals surface area contributed by atoms with E-state index in [-0.39, 0.29) is 17.3 Å². The summed E-state index contributed by atoms with van der Waals surface area (Å²) in [6.45, 7) is 0.231. The van der Waals surface area contributed by atoms with Gasteiger partial charge in [0.1, 0.15) is 5.84 Å². The predicted octanol–water partition coefficient (Wildman–Crippen LogP) is 1.25. The quantitative estimate of drug-likeness (QED) is 0.239. The highest BCUT2D eigenvalue weighted by Gasteiger charge is 2.12. The van der Waals surface area contributed by atoms with Crippen molar-refractivity contribution in [2.45, 2.75) is 17.7 Å².